The molecule has 0 aliphatic heterocycles. The fourth-order valence-electron chi connectivity index (χ4n) is 1.54. The van der Waals surface area contributed by atoms with Crippen LogP contribution < -0.4 is 0 Å². The lowest BCUT2D eigenvalue weighted by Crippen LogP contribution is -2.38. The normalized spacial score (nSPS) is 20.9. The van der Waals surface area contributed by atoms with Crippen LogP contribution in [0.15, 0.2) is 0 Å². The van der Waals surface area contributed by atoms with E-state index in [1.165, 1.54) is 19.3 Å². The van der Waals surface area contributed by atoms with E-state index >= 15 is 0 Å². The van der Waals surface area contributed by atoms with Crippen LogP contribution in [0.3, 0.4) is 0 Å². The molecule has 1 saturated carbocycles. The maximum atomic E-state index is 8.47. The summed E-state index contributed by atoms with van der Waals surface area (Å²) in [4.78, 5) is 2.14. The van der Waals surface area contributed by atoms with Crippen molar-refractivity contribution in [1.82, 2.24) is 4.90 Å². The second-order valence-electron chi connectivity index (χ2n) is 3.50. The van der Waals surface area contributed by atoms with Gasteiger partial charge >= 0.3 is 0 Å². The third kappa shape index (κ3) is 1.94. The lowest BCUT2D eigenvalue weighted by Gasteiger charge is -2.36. The molecule has 1 aliphatic rings. The maximum Gasteiger partial charge on any atom is 0.0865 e. The summed E-state index contributed by atoms with van der Waals surface area (Å²) in [6, 6.07) is 2.78. The smallest absolute Gasteiger partial charge is 0.0865 e. The topological polar surface area (TPSA) is 27.0 Å². The summed E-state index contributed by atoms with van der Waals surface area (Å²) in [5.74, 6) is 0.855. The van der Waals surface area contributed by atoms with Gasteiger partial charge < -0.3 is 0 Å². The van der Waals surface area contributed by atoms with Crippen LogP contribution in [0.1, 0.15) is 26.2 Å². The quantitative estimate of drug-likeness (QED) is 0.575. The molecule has 2 nitrogen and oxygen atoms in total. The molecule has 11 heavy (non-hydrogen) atoms. The SMILES string of the molecule is CC(C1CCC1)N(C)CC#N. The van der Waals surface area contributed by atoms with Crippen LogP contribution >= 0.6 is 0 Å². The van der Waals surface area contributed by atoms with E-state index in [-0.39, 0.29) is 0 Å². The van der Waals surface area contributed by atoms with E-state index in [0.717, 1.165) is 5.92 Å². The first-order valence-corrected chi connectivity index (χ1v) is 4.33. The Labute approximate surface area is 68.8 Å². The molecule has 1 atom stereocenters. The Morgan fingerprint density at radius 2 is 2.27 bits per heavy atom. The van der Waals surface area contributed by atoms with Crippen molar-refractivity contribution in [2.45, 2.75) is 32.2 Å². The zero-order valence-corrected chi connectivity index (χ0v) is 7.38. The van der Waals surface area contributed by atoms with Crippen LogP contribution in [0.25, 0.3) is 0 Å². The van der Waals surface area contributed by atoms with Gasteiger partial charge in [0.1, 0.15) is 0 Å². The Hall–Kier alpha value is -0.550. The van der Waals surface area contributed by atoms with Crippen LogP contribution in [0.5, 0.6) is 0 Å². The van der Waals surface area contributed by atoms with Crippen LogP contribution in [-0.2, 0) is 0 Å². The van der Waals surface area contributed by atoms with Crippen molar-refractivity contribution in [3.8, 4) is 6.07 Å². The van der Waals surface area contributed by atoms with Gasteiger partial charge in [0.25, 0.3) is 0 Å². The second-order valence-corrected chi connectivity index (χ2v) is 3.50. The molecule has 2 heteroatoms. The highest BCUT2D eigenvalue weighted by molar-refractivity contribution is 4.84. The van der Waals surface area contributed by atoms with Gasteiger partial charge in [-0.25, -0.2) is 0 Å². The molecule has 0 amide bonds. The fraction of sp³-hybridized carbons (Fsp3) is 0.889. The summed E-state index contributed by atoms with van der Waals surface area (Å²) in [5.41, 5.74) is 0. The zero-order chi connectivity index (χ0) is 8.27. The summed E-state index contributed by atoms with van der Waals surface area (Å²) in [5, 5.41) is 8.47. The van der Waals surface area contributed by atoms with E-state index in [4.69, 9.17) is 5.26 Å². The van der Waals surface area contributed by atoms with Crippen molar-refractivity contribution >= 4 is 0 Å². The van der Waals surface area contributed by atoms with Crippen molar-refractivity contribution in [3.05, 3.63) is 0 Å². The van der Waals surface area contributed by atoms with Gasteiger partial charge in [0.2, 0.25) is 0 Å². The number of hydrogen-bond acceptors (Lipinski definition) is 2. The van der Waals surface area contributed by atoms with Crippen molar-refractivity contribution in [1.29, 1.82) is 5.26 Å². The number of nitrogens with zero attached hydrogens (tertiary/aromatic N) is 2. The Morgan fingerprint density at radius 3 is 2.64 bits per heavy atom. The number of nitriles is 1. The van der Waals surface area contributed by atoms with Gasteiger partial charge in [-0.1, -0.05) is 6.42 Å². The van der Waals surface area contributed by atoms with Gasteiger partial charge in [-0.15, -0.1) is 0 Å². The highest BCUT2D eigenvalue weighted by atomic mass is 15.1. The molecule has 0 spiro atoms. The first kappa shape index (κ1) is 8.55. The van der Waals surface area contributed by atoms with Gasteiger partial charge in [0.05, 0.1) is 12.6 Å². The zero-order valence-electron chi connectivity index (χ0n) is 7.38. The largest absolute Gasteiger partial charge is 0.291 e. The molecule has 1 unspecified atom stereocenters. The molecule has 0 aromatic carbocycles. The molecular weight excluding hydrogens is 136 g/mol. The minimum atomic E-state index is 0.567. The highest BCUT2D eigenvalue weighted by Gasteiger charge is 2.26. The third-order valence-corrected chi connectivity index (χ3v) is 2.85. The molecule has 62 valence electrons. The monoisotopic (exact) mass is 152 g/mol. The average Bonchev–Trinajstić information content (AvgIpc) is 1.84. The van der Waals surface area contributed by atoms with Crippen molar-refractivity contribution < 1.29 is 0 Å². The Bertz CT molecular complexity index is 155. The standard InChI is InChI=1S/C9H16N2/c1-8(9-4-3-5-9)11(2)7-6-10/h8-9H,3-5,7H2,1-2H3. The van der Waals surface area contributed by atoms with Crippen molar-refractivity contribution in [2.24, 2.45) is 5.92 Å². The number of rotatable bonds is 3. The molecule has 0 radical (unpaired) electrons. The van der Waals surface area contributed by atoms with E-state index in [1.54, 1.807) is 0 Å². The lowest BCUT2D eigenvalue weighted by atomic mass is 9.80. The van der Waals surface area contributed by atoms with Crippen LogP contribution in [0, 0.1) is 17.2 Å². The first-order chi connectivity index (χ1) is 5.25. The van der Waals surface area contributed by atoms with Gasteiger partial charge in [-0.2, -0.15) is 5.26 Å². The van der Waals surface area contributed by atoms with Gasteiger partial charge in [-0.05, 0) is 32.7 Å². The summed E-state index contributed by atoms with van der Waals surface area (Å²) < 4.78 is 0. The molecule has 0 saturated heterocycles. The first-order valence-electron chi connectivity index (χ1n) is 4.33. The van der Waals surface area contributed by atoms with E-state index < -0.39 is 0 Å². The van der Waals surface area contributed by atoms with Crippen LogP contribution in [-0.4, -0.2) is 24.5 Å². The molecular formula is C9H16N2. The lowest BCUT2D eigenvalue weighted by molar-refractivity contribution is 0.144. The summed E-state index contributed by atoms with van der Waals surface area (Å²) in [6.07, 6.45) is 4.10. The van der Waals surface area contributed by atoms with E-state index in [2.05, 4.69) is 17.9 Å². The van der Waals surface area contributed by atoms with Crippen LogP contribution in [0.2, 0.25) is 0 Å². The second kappa shape index (κ2) is 3.73. The Kier molecular flexibility index (Phi) is 2.90. The Morgan fingerprint density at radius 1 is 1.64 bits per heavy atom. The van der Waals surface area contributed by atoms with Gasteiger partial charge in [0.15, 0.2) is 0 Å². The third-order valence-electron chi connectivity index (χ3n) is 2.85. The van der Waals surface area contributed by atoms with E-state index in [9.17, 15) is 0 Å². The number of hydrogen-bond donors (Lipinski definition) is 0. The molecule has 0 bridgehead atoms. The fourth-order valence-corrected chi connectivity index (χ4v) is 1.54. The summed E-state index contributed by atoms with van der Waals surface area (Å²) in [7, 11) is 2.03. The molecule has 0 N–H and O–H groups in total. The van der Waals surface area contributed by atoms with E-state index in [0.29, 0.717) is 12.6 Å². The summed E-state index contributed by atoms with van der Waals surface area (Å²) >= 11 is 0. The van der Waals surface area contributed by atoms with Crippen LogP contribution in [0.4, 0.5) is 0 Å². The molecule has 0 heterocycles. The highest BCUT2D eigenvalue weighted by Crippen LogP contribution is 2.31. The minimum Gasteiger partial charge on any atom is -0.291 e. The molecule has 1 rings (SSSR count). The van der Waals surface area contributed by atoms with Crippen molar-refractivity contribution in [3.63, 3.8) is 0 Å². The van der Waals surface area contributed by atoms with Crippen molar-refractivity contribution in [2.75, 3.05) is 13.6 Å². The predicted molar refractivity (Wildman–Crippen MR) is 45.0 cm³/mol. The predicted octanol–water partition coefficient (Wildman–Crippen LogP) is 1.63. The Balaban J connectivity index is 2.27. The molecule has 1 aliphatic carbocycles. The van der Waals surface area contributed by atoms with E-state index in [1.807, 2.05) is 7.05 Å². The summed E-state index contributed by atoms with van der Waals surface area (Å²) in [6.45, 7) is 2.79. The van der Waals surface area contributed by atoms with Gasteiger partial charge in [-0.3, -0.25) is 4.90 Å². The molecule has 1 fully saturated rings. The minimum absolute atomic E-state index is 0.567. The van der Waals surface area contributed by atoms with Gasteiger partial charge in [0, 0.05) is 6.04 Å². The average molecular weight is 152 g/mol. The molecule has 0 aromatic heterocycles. The maximum absolute atomic E-state index is 8.47. The molecule has 0 aromatic rings.